The summed E-state index contributed by atoms with van der Waals surface area (Å²) in [5.41, 5.74) is 3.49. The lowest BCUT2D eigenvalue weighted by molar-refractivity contribution is -0.194. The highest BCUT2D eigenvalue weighted by Crippen LogP contribution is 2.33. The lowest BCUT2D eigenvalue weighted by Gasteiger charge is -2.09. The van der Waals surface area contributed by atoms with Crippen LogP contribution in [0.4, 0.5) is 11.5 Å². The highest BCUT2D eigenvalue weighted by atomic mass is 17.2. The molecular weight excluding hydrogens is 278 g/mol. The highest BCUT2D eigenvalue weighted by Gasteiger charge is 2.17. The lowest BCUT2D eigenvalue weighted by Crippen LogP contribution is -1.96. The topological polar surface area (TPSA) is 56.3 Å². The molecule has 0 amide bonds. The van der Waals surface area contributed by atoms with Gasteiger partial charge in [0.25, 0.3) is 0 Å². The van der Waals surface area contributed by atoms with E-state index in [1.807, 2.05) is 36.4 Å². The second-order valence-electron chi connectivity index (χ2n) is 4.90. The Morgan fingerprint density at radius 2 is 2.14 bits per heavy atom. The first-order valence-electron chi connectivity index (χ1n) is 6.74. The number of benzene rings is 2. The van der Waals surface area contributed by atoms with Gasteiger partial charge in [-0.05, 0) is 30.3 Å². The maximum atomic E-state index is 5.43. The normalized spacial score (nSPS) is 12.5. The molecule has 0 fully saturated rings. The van der Waals surface area contributed by atoms with E-state index >= 15 is 0 Å². The number of anilines is 2. The fourth-order valence-electron chi connectivity index (χ4n) is 2.40. The first-order valence-corrected chi connectivity index (χ1v) is 6.74. The molecule has 0 unspecified atom stereocenters. The van der Waals surface area contributed by atoms with Gasteiger partial charge in [-0.25, -0.2) is 9.97 Å². The molecule has 1 aromatic heterocycles. The van der Waals surface area contributed by atoms with Gasteiger partial charge in [-0.1, -0.05) is 12.0 Å². The Balaban J connectivity index is 1.80. The average molecular weight is 289 g/mol. The third-order valence-electron chi connectivity index (χ3n) is 3.47. The summed E-state index contributed by atoms with van der Waals surface area (Å²) in [6.07, 6.45) is 6.96. The Labute approximate surface area is 126 Å². The van der Waals surface area contributed by atoms with Crippen LogP contribution in [0.15, 0.2) is 42.7 Å². The zero-order chi connectivity index (χ0) is 14.9. The number of aromatic nitrogens is 2. The minimum atomic E-state index is 0.433. The molecule has 0 saturated carbocycles. The van der Waals surface area contributed by atoms with E-state index in [1.54, 1.807) is 0 Å². The fourth-order valence-corrected chi connectivity index (χ4v) is 2.40. The average Bonchev–Trinajstić information content (AvgIpc) is 3.01. The SMILES string of the molecule is C#Cc1cccc(Nc2ncnc3cc4c(cc23)OOC4)c1. The van der Waals surface area contributed by atoms with Crippen molar-refractivity contribution in [3.8, 4) is 18.1 Å². The van der Waals surface area contributed by atoms with Gasteiger partial charge in [0.05, 0.1) is 5.52 Å². The maximum Gasteiger partial charge on any atom is 0.171 e. The molecule has 5 heteroatoms. The predicted molar refractivity (Wildman–Crippen MR) is 82.6 cm³/mol. The summed E-state index contributed by atoms with van der Waals surface area (Å²) in [6, 6.07) is 11.4. The zero-order valence-electron chi connectivity index (χ0n) is 11.5. The number of nitrogens with one attached hydrogen (secondary N) is 1. The zero-order valence-corrected chi connectivity index (χ0v) is 11.5. The Hall–Kier alpha value is -3.10. The smallest absolute Gasteiger partial charge is 0.171 e. The van der Waals surface area contributed by atoms with E-state index < -0.39 is 0 Å². The van der Waals surface area contributed by atoms with Gasteiger partial charge in [0.15, 0.2) is 5.75 Å². The lowest BCUT2D eigenvalue weighted by atomic mass is 10.1. The summed E-state index contributed by atoms with van der Waals surface area (Å²) in [4.78, 5) is 18.7. The molecule has 2 heterocycles. The molecule has 22 heavy (non-hydrogen) atoms. The van der Waals surface area contributed by atoms with E-state index in [0.717, 1.165) is 27.7 Å². The number of fused-ring (bicyclic) bond motifs is 2. The molecule has 0 bridgehead atoms. The van der Waals surface area contributed by atoms with E-state index in [9.17, 15) is 0 Å². The number of nitrogens with zero attached hydrogens (tertiary/aromatic N) is 2. The molecule has 0 radical (unpaired) electrons. The van der Waals surface area contributed by atoms with Crippen LogP contribution in [0.5, 0.6) is 5.75 Å². The van der Waals surface area contributed by atoms with Gasteiger partial charge in [-0.3, -0.25) is 0 Å². The number of hydrogen-bond donors (Lipinski definition) is 1. The van der Waals surface area contributed by atoms with Crippen molar-refractivity contribution in [2.75, 3.05) is 5.32 Å². The van der Waals surface area contributed by atoms with Crippen molar-refractivity contribution in [3.05, 3.63) is 53.9 Å². The van der Waals surface area contributed by atoms with Gasteiger partial charge in [-0.2, -0.15) is 4.89 Å². The van der Waals surface area contributed by atoms with Crippen molar-refractivity contribution in [2.45, 2.75) is 6.61 Å². The fraction of sp³-hybridized carbons (Fsp3) is 0.0588. The van der Waals surface area contributed by atoms with Crippen LogP contribution in [0.25, 0.3) is 10.9 Å². The Morgan fingerprint density at radius 1 is 1.18 bits per heavy atom. The monoisotopic (exact) mass is 289 g/mol. The molecule has 0 atom stereocenters. The van der Waals surface area contributed by atoms with Crippen molar-refractivity contribution < 1.29 is 9.78 Å². The largest absolute Gasteiger partial charge is 0.340 e. The van der Waals surface area contributed by atoms with E-state index in [1.165, 1.54) is 6.33 Å². The summed E-state index contributed by atoms with van der Waals surface area (Å²) in [6.45, 7) is 0.433. The Kier molecular flexibility index (Phi) is 2.88. The summed E-state index contributed by atoms with van der Waals surface area (Å²) in [7, 11) is 0. The maximum absolute atomic E-state index is 5.43. The Bertz CT molecular complexity index is 915. The summed E-state index contributed by atoms with van der Waals surface area (Å²) in [5.74, 6) is 4.00. The minimum Gasteiger partial charge on any atom is -0.340 e. The third-order valence-corrected chi connectivity index (χ3v) is 3.47. The summed E-state index contributed by atoms with van der Waals surface area (Å²) < 4.78 is 0. The van der Waals surface area contributed by atoms with E-state index in [4.69, 9.17) is 16.2 Å². The van der Waals surface area contributed by atoms with Gasteiger partial charge in [0.2, 0.25) is 0 Å². The van der Waals surface area contributed by atoms with Crippen LogP contribution in [0.2, 0.25) is 0 Å². The highest BCUT2D eigenvalue weighted by molar-refractivity contribution is 5.92. The predicted octanol–water partition coefficient (Wildman–Crippen LogP) is 3.18. The van der Waals surface area contributed by atoms with Crippen LogP contribution < -0.4 is 10.2 Å². The molecule has 106 valence electrons. The number of hydrogen-bond acceptors (Lipinski definition) is 5. The third kappa shape index (κ3) is 2.12. The molecule has 1 N–H and O–H groups in total. The van der Waals surface area contributed by atoms with Crippen molar-refractivity contribution in [3.63, 3.8) is 0 Å². The molecule has 5 nitrogen and oxygen atoms in total. The van der Waals surface area contributed by atoms with Crippen molar-refractivity contribution >= 4 is 22.4 Å². The van der Waals surface area contributed by atoms with Gasteiger partial charge in [0.1, 0.15) is 18.8 Å². The summed E-state index contributed by atoms with van der Waals surface area (Å²) >= 11 is 0. The quantitative estimate of drug-likeness (QED) is 0.580. The van der Waals surface area contributed by atoms with Crippen LogP contribution >= 0.6 is 0 Å². The molecule has 0 spiro atoms. The number of terminal acetylenes is 1. The van der Waals surface area contributed by atoms with Gasteiger partial charge < -0.3 is 10.2 Å². The Morgan fingerprint density at radius 3 is 3.05 bits per heavy atom. The molecule has 0 saturated heterocycles. The van der Waals surface area contributed by atoms with Crippen molar-refractivity contribution in [1.29, 1.82) is 0 Å². The van der Waals surface area contributed by atoms with Gasteiger partial charge in [-0.15, -0.1) is 6.42 Å². The molecule has 2 aromatic carbocycles. The first-order chi connectivity index (χ1) is 10.8. The van der Waals surface area contributed by atoms with Crippen LogP contribution in [0.1, 0.15) is 11.1 Å². The van der Waals surface area contributed by atoms with E-state index in [2.05, 4.69) is 21.2 Å². The van der Waals surface area contributed by atoms with Gasteiger partial charge in [0, 0.05) is 22.2 Å². The minimum absolute atomic E-state index is 0.433. The second-order valence-corrected chi connectivity index (χ2v) is 4.90. The van der Waals surface area contributed by atoms with Crippen molar-refractivity contribution in [2.24, 2.45) is 0 Å². The molecule has 4 rings (SSSR count). The van der Waals surface area contributed by atoms with Crippen LogP contribution in [0.3, 0.4) is 0 Å². The summed E-state index contributed by atoms with van der Waals surface area (Å²) in [5, 5.41) is 4.13. The molecule has 1 aliphatic heterocycles. The van der Waals surface area contributed by atoms with Crippen LogP contribution in [0, 0.1) is 12.3 Å². The molecule has 0 aliphatic carbocycles. The van der Waals surface area contributed by atoms with Crippen molar-refractivity contribution in [1.82, 2.24) is 9.97 Å². The first kappa shape index (κ1) is 12.6. The molecule has 1 aliphatic rings. The van der Waals surface area contributed by atoms with E-state index in [0.29, 0.717) is 18.2 Å². The molecule has 3 aromatic rings. The second kappa shape index (κ2) is 5.02. The standard InChI is InChI=1S/C17H11N3O2/c1-2-11-4-3-5-13(6-11)20-17-14-8-16-12(9-21-22-16)7-15(14)18-10-19-17/h1,3-8,10H,9H2,(H,18,19,20). The van der Waals surface area contributed by atoms with E-state index in [-0.39, 0.29) is 0 Å². The van der Waals surface area contributed by atoms with Crippen LogP contribution in [-0.2, 0) is 11.5 Å². The molecular formula is C17H11N3O2. The number of rotatable bonds is 2. The van der Waals surface area contributed by atoms with Crippen LogP contribution in [-0.4, -0.2) is 9.97 Å². The van der Waals surface area contributed by atoms with Gasteiger partial charge >= 0.3 is 0 Å².